The Bertz CT molecular complexity index is 649. The first kappa shape index (κ1) is 17.8. The van der Waals surface area contributed by atoms with Gasteiger partial charge in [-0.2, -0.15) is 11.8 Å². The maximum Gasteiger partial charge on any atom is 0.242 e. The van der Waals surface area contributed by atoms with Gasteiger partial charge in [-0.1, -0.05) is 48.2 Å². The zero-order valence-electron chi connectivity index (χ0n) is 13.6. The average molecular weight is 381 g/mol. The average Bonchev–Trinajstić information content (AvgIpc) is 2.79. The summed E-state index contributed by atoms with van der Waals surface area (Å²) in [6.07, 6.45) is 0.939. The molecule has 0 N–H and O–H groups in total. The number of aryl methyl sites for hydroxylation is 1. The van der Waals surface area contributed by atoms with E-state index in [1.54, 1.807) is 0 Å². The van der Waals surface area contributed by atoms with Crippen LogP contribution in [-0.4, -0.2) is 57.1 Å². The van der Waals surface area contributed by atoms with Crippen LogP contribution in [0.25, 0.3) is 0 Å². The predicted molar refractivity (Wildman–Crippen MR) is 104 cm³/mol. The molecule has 4 nitrogen and oxygen atoms in total. The Balaban J connectivity index is 1.61. The number of nitrogens with zero attached hydrogens (tertiary/aromatic N) is 2. The molecule has 24 heavy (non-hydrogen) atoms. The Kier molecular flexibility index (Phi) is 5.84. The Morgan fingerprint density at radius 3 is 2.83 bits per heavy atom. The summed E-state index contributed by atoms with van der Waals surface area (Å²) < 4.78 is 0.523. The maximum atomic E-state index is 12.6. The molecule has 0 spiro atoms. The van der Waals surface area contributed by atoms with Crippen molar-refractivity contribution in [2.75, 3.05) is 31.1 Å². The molecule has 2 aliphatic rings. The third-order valence-electron chi connectivity index (χ3n) is 4.36. The number of rotatable bonds is 3. The highest BCUT2D eigenvalue weighted by molar-refractivity contribution is 8.23. The maximum absolute atomic E-state index is 12.6. The molecule has 0 aliphatic carbocycles. The van der Waals surface area contributed by atoms with Gasteiger partial charge < -0.3 is 4.90 Å². The van der Waals surface area contributed by atoms with E-state index in [-0.39, 0.29) is 18.4 Å². The summed E-state index contributed by atoms with van der Waals surface area (Å²) in [4.78, 5) is 27.7. The number of carbonyl (C=O) groups excluding carboxylic acids is 2. The minimum absolute atomic E-state index is 0.000710. The molecular formula is C17H20N2O2S3. The van der Waals surface area contributed by atoms with E-state index in [4.69, 9.17) is 12.2 Å². The fourth-order valence-electron chi connectivity index (χ4n) is 2.99. The summed E-state index contributed by atoms with van der Waals surface area (Å²) in [7, 11) is 0. The Morgan fingerprint density at radius 1 is 1.33 bits per heavy atom. The number of hydrogen-bond acceptors (Lipinski definition) is 5. The normalized spacial score (nSPS) is 22.0. The van der Waals surface area contributed by atoms with Crippen LogP contribution in [0.2, 0.25) is 0 Å². The van der Waals surface area contributed by atoms with E-state index in [9.17, 15) is 9.59 Å². The summed E-state index contributed by atoms with van der Waals surface area (Å²) in [5, 5.41) is 0.425. The minimum atomic E-state index is -0.0552. The van der Waals surface area contributed by atoms with Crippen molar-refractivity contribution >= 4 is 51.9 Å². The largest absolute Gasteiger partial charge is 0.340 e. The Hall–Kier alpha value is -1.05. The molecule has 1 unspecified atom stereocenters. The molecule has 1 aromatic carbocycles. The monoisotopic (exact) mass is 380 g/mol. The van der Waals surface area contributed by atoms with Gasteiger partial charge in [-0.25, -0.2) is 0 Å². The summed E-state index contributed by atoms with van der Waals surface area (Å²) >= 11 is 8.40. The second kappa shape index (κ2) is 7.89. The third-order valence-corrected chi connectivity index (χ3v) is 7.11. The lowest BCUT2D eigenvalue weighted by molar-refractivity contribution is -0.135. The Labute approximate surface area is 156 Å². The van der Waals surface area contributed by atoms with Gasteiger partial charge in [-0.05, 0) is 24.5 Å². The summed E-state index contributed by atoms with van der Waals surface area (Å²) in [6, 6.07) is 8.46. The van der Waals surface area contributed by atoms with Gasteiger partial charge in [-0.15, -0.1) is 0 Å². The van der Waals surface area contributed by atoms with Crippen molar-refractivity contribution in [1.82, 2.24) is 9.80 Å². The van der Waals surface area contributed by atoms with Gasteiger partial charge in [0.25, 0.3) is 0 Å². The van der Waals surface area contributed by atoms with Crippen LogP contribution < -0.4 is 0 Å². The highest BCUT2D eigenvalue weighted by Gasteiger charge is 2.31. The van der Waals surface area contributed by atoms with Gasteiger partial charge >= 0.3 is 0 Å². The highest BCUT2D eigenvalue weighted by atomic mass is 32.2. The van der Waals surface area contributed by atoms with Crippen LogP contribution in [0.5, 0.6) is 0 Å². The lowest BCUT2D eigenvalue weighted by atomic mass is 10.0. The fourth-order valence-corrected chi connectivity index (χ4v) is 5.38. The molecule has 0 bridgehead atoms. The molecule has 2 fully saturated rings. The lowest BCUT2D eigenvalue weighted by Gasteiger charge is -2.23. The fraction of sp³-hybridized carbons (Fsp3) is 0.471. The molecule has 0 radical (unpaired) electrons. The summed E-state index contributed by atoms with van der Waals surface area (Å²) in [5.41, 5.74) is 2.67. The predicted octanol–water partition coefficient (Wildman–Crippen LogP) is 2.86. The van der Waals surface area contributed by atoms with Crippen LogP contribution in [0.1, 0.15) is 22.8 Å². The van der Waals surface area contributed by atoms with Crippen molar-refractivity contribution in [3.8, 4) is 0 Å². The van der Waals surface area contributed by atoms with Crippen molar-refractivity contribution in [2.45, 2.75) is 18.6 Å². The zero-order chi connectivity index (χ0) is 17.1. The van der Waals surface area contributed by atoms with Crippen LogP contribution in [0.15, 0.2) is 24.3 Å². The van der Waals surface area contributed by atoms with Gasteiger partial charge in [0.2, 0.25) is 11.8 Å². The smallest absolute Gasteiger partial charge is 0.242 e. The van der Waals surface area contributed by atoms with Crippen LogP contribution in [-0.2, 0) is 9.59 Å². The standard InChI is InChI=1S/C17H20N2O2S3/c1-12-4-2-3-5-13(12)14-6-7-18(8-9-23-14)15(20)10-19-16(21)11-24-17(19)22/h2-5,14H,6-11H2,1H3. The number of thiocarbonyl (C=S) groups is 1. The van der Waals surface area contributed by atoms with E-state index >= 15 is 0 Å². The highest BCUT2D eigenvalue weighted by Crippen LogP contribution is 2.36. The number of thioether (sulfide) groups is 2. The zero-order valence-corrected chi connectivity index (χ0v) is 16.0. The molecule has 2 aliphatic heterocycles. The molecular weight excluding hydrogens is 360 g/mol. The third kappa shape index (κ3) is 3.95. The van der Waals surface area contributed by atoms with Crippen LogP contribution in [0.4, 0.5) is 0 Å². The molecule has 0 aromatic heterocycles. The van der Waals surface area contributed by atoms with Gasteiger partial charge in [0, 0.05) is 24.1 Å². The van der Waals surface area contributed by atoms with Crippen LogP contribution in [0.3, 0.4) is 0 Å². The number of benzene rings is 1. The number of hydrogen-bond donors (Lipinski definition) is 0. The topological polar surface area (TPSA) is 40.6 Å². The van der Waals surface area contributed by atoms with Gasteiger partial charge in [0.05, 0.1) is 5.75 Å². The first-order valence-electron chi connectivity index (χ1n) is 7.98. The van der Waals surface area contributed by atoms with Gasteiger partial charge in [0.15, 0.2) is 0 Å². The molecule has 0 saturated carbocycles. The second-order valence-electron chi connectivity index (χ2n) is 5.92. The molecule has 2 saturated heterocycles. The van der Waals surface area contributed by atoms with Gasteiger partial charge in [-0.3, -0.25) is 14.5 Å². The van der Waals surface area contributed by atoms with E-state index in [2.05, 4.69) is 31.2 Å². The number of amides is 2. The van der Waals surface area contributed by atoms with Crippen molar-refractivity contribution in [3.63, 3.8) is 0 Å². The molecule has 1 atom stereocenters. The van der Waals surface area contributed by atoms with Crippen molar-refractivity contribution in [2.24, 2.45) is 0 Å². The molecule has 2 amide bonds. The van der Waals surface area contributed by atoms with Crippen LogP contribution in [0, 0.1) is 6.92 Å². The molecule has 2 heterocycles. The number of carbonyl (C=O) groups is 2. The van der Waals surface area contributed by atoms with Crippen molar-refractivity contribution < 1.29 is 9.59 Å². The van der Waals surface area contributed by atoms with Crippen molar-refractivity contribution in [1.29, 1.82) is 0 Å². The lowest BCUT2D eigenvalue weighted by Crippen LogP contribution is -2.43. The van der Waals surface area contributed by atoms with E-state index in [0.717, 1.165) is 25.3 Å². The van der Waals surface area contributed by atoms with E-state index in [1.165, 1.54) is 27.8 Å². The summed E-state index contributed by atoms with van der Waals surface area (Å²) in [5.74, 6) is 1.22. The first-order valence-corrected chi connectivity index (χ1v) is 10.4. The second-order valence-corrected chi connectivity index (χ2v) is 8.84. The Morgan fingerprint density at radius 2 is 2.12 bits per heavy atom. The summed E-state index contributed by atoms with van der Waals surface area (Å²) in [6.45, 7) is 3.69. The van der Waals surface area contributed by atoms with E-state index in [1.807, 2.05) is 16.7 Å². The quantitative estimate of drug-likeness (QED) is 0.754. The van der Waals surface area contributed by atoms with E-state index < -0.39 is 0 Å². The minimum Gasteiger partial charge on any atom is -0.340 e. The molecule has 3 rings (SSSR count). The SMILES string of the molecule is Cc1ccccc1C1CCN(C(=O)CN2C(=O)CSC2=S)CCS1. The molecule has 128 valence electrons. The van der Waals surface area contributed by atoms with E-state index in [0.29, 0.717) is 15.3 Å². The molecule has 1 aromatic rings. The molecule has 7 heteroatoms. The first-order chi connectivity index (χ1) is 11.6. The van der Waals surface area contributed by atoms with Crippen molar-refractivity contribution in [3.05, 3.63) is 35.4 Å². The van der Waals surface area contributed by atoms with Crippen LogP contribution >= 0.6 is 35.7 Å². The van der Waals surface area contributed by atoms with Gasteiger partial charge in [0.1, 0.15) is 10.9 Å².